The number of carbonyl (C=O) groups is 3. The van der Waals surface area contributed by atoms with E-state index in [0.29, 0.717) is 5.57 Å². The summed E-state index contributed by atoms with van der Waals surface area (Å²) < 4.78 is 0. The van der Waals surface area contributed by atoms with Gasteiger partial charge in [-0.15, -0.1) is 0 Å². The van der Waals surface area contributed by atoms with E-state index in [-0.39, 0.29) is 52.8 Å². The van der Waals surface area contributed by atoms with Gasteiger partial charge in [0.15, 0.2) is 5.78 Å². The molecule has 2 heterocycles. The van der Waals surface area contributed by atoms with Gasteiger partial charge in [0.1, 0.15) is 5.76 Å². The number of aliphatic hydroxyl groups is 1. The van der Waals surface area contributed by atoms with Gasteiger partial charge in [0.25, 0.3) is 11.8 Å². The number of allylic oxidation sites excluding steroid dienone is 4. The SMILES string of the molecule is O=C1NC2CCCCC2C(=O)C1=CC=CC=CC1=C(O)C2CCCCC2NC1=O. The van der Waals surface area contributed by atoms with Crippen LogP contribution in [0.5, 0.6) is 0 Å². The molecule has 2 aliphatic heterocycles. The van der Waals surface area contributed by atoms with Crippen molar-refractivity contribution in [1.82, 2.24) is 10.6 Å². The maximum Gasteiger partial charge on any atom is 0.255 e. The molecule has 0 radical (unpaired) electrons. The average molecular weight is 396 g/mol. The Labute approximate surface area is 170 Å². The van der Waals surface area contributed by atoms with Crippen molar-refractivity contribution in [3.8, 4) is 0 Å². The van der Waals surface area contributed by atoms with Crippen LogP contribution in [0.25, 0.3) is 0 Å². The van der Waals surface area contributed by atoms with Gasteiger partial charge in [-0.1, -0.05) is 43.9 Å². The van der Waals surface area contributed by atoms with Gasteiger partial charge in [-0.2, -0.15) is 0 Å². The first-order valence-electron chi connectivity index (χ1n) is 10.7. The van der Waals surface area contributed by atoms with Crippen LogP contribution in [0.15, 0.2) is 47.3 Å². The Morgan fingerprint density at radius 2 is 1.38 bits per heavy atom. The molecule has 0 aromatic rings. The normalized spacial score (nSPS) is 34.3. The van der Waals surface area contributed by atoms with Crippen molar-refractivity contribution in [3.05, 3.63) is 47.3 Å². The van der Waals surface area contributed by atoms with Crippen molar-refractivity contribution in [1.29, 1.82) is 0 Å². The van der Waals surface area contributed by atoms with E-state index in [1.165, 1.54) is 0 Å². The molecule has 3 N–H and O–H groups in total. The smallest absolute Gasteiger partial charge is 0.255 e. The molecule has 1 saturated heterocycles. The molecule has 0 bridgehead atoms. The van der Waals surface area contributed by atoms with E-state index in [1.807, 2.05) is 0 Å². The average Bonchev–Trinajstić information content (AvgIpc) is 2.72. The van der Waals surface area contributed by atoms with Crippen LogP contribution in [0.1, 0.15) is 51.4 Å². The zero-order chi connectivity index (χ0) is 20.4. The number of fused-ring (bicyclic) bond motifs is 2. The Bertz CT molecular complexity index is 836. The van der Waals surface area contributed by atoms with Gasteiger partial charge in [0.05, 0.1) is 11.1 Å². The first kappa shape index (κ1) is 19.7. The van der Waals surface area contributed by atoms with Crippen LogP contribution in [0.4, 0.5) is 0 Å². The molecule has 2 saturated carbocycles. The van der Waals surface area contributed by atoms with Gasteiger partial charge in [0, 0.05) is 23.9 Å². The van der Waals surface area contributed by atoms with Gasteiger partial charge in [-0.05, 0) is 37.8 Å². The fraction of sp³-hybridized carbons (Fsp3) is 0.522. The second-order valence-corrected chi connectivity index (χ2v) is 8.43. The molecule has 0 aromatic heterocycles. The number of nitrogens with one attached hydrogen (secondary N) is 2. The second kappa shape index (κ2) is 8.39. The molecule has 4 unspecified atom stereocenters. The van der Waals surface area contributed by atoms with Gasteiger partial charge < -0.3 is 15.7 Å². The Hall–Kier alpha value is -2.63. The second-order valence-electron chi connectivity index (χ2n) is 8.43. The van der Waals surface area contributed by atoms with Crippen LogP contribution in [0.2, 0.25) is 0 Å². The molecule has 154 valence electrons. The van der Waals surface area contributed by atoms with E-state index >= 15 is 0 Å². The molecular weight excluding hydrogens is 368 g/mol. The lowest BCUT2D eigenvalue weighted by molar-refractivity contribution is -0.130. The largest absolute Gasteiger partial charge is 0.511 e. The van der Waals surface area contributed by atoms with Crippen LogP contribution in [0.3, 0.4) is 0 Å². The molecular formula is C23H28N2O4. The number of amides is 2. The number of aliphatic hydroxyl groups excluding tert-OH is 1. The molecule has 0 spiro atoms. The van der Waals surface area contributed by atoms with Crippen molar-refractivity contribution in [3.63, 3.8) is 0 Å². The number of piperidine rings is 1. The number of Topliss-reactive ketones (excluding diaryl/α,β-unsaturated/α-hetero) is 1. The predicted octanol–water partition coefficient (Wildman–Crippen LogP) is 2.78. The summed E-state index contributed by atoms with van der Waals surface area (Å²) >= 11 is 0. The maximum absolute atomic E-state index is 12.6. The van der Waals surface area contributed by atoms with E-state index in [0.717, 1.165) is 51.4 Å². The summed E-state index contributed by atoms with van der Waals surface area (Å²) in [6.07, 6.45) is 15.8. The summed E-state index contributed by atoms with van der Waals surface area (Å²) in [5.74, 6) is -0.553. The first-order chi connectivity index (χ1) is 14.1. The van der Waals surface area contributed by atoms with E-state index in [2.05, 4.69) is 10.6 Å². The third-order valence-corrected chi connectivity index (χ3v) is 6.63. The highest BCUT2D eigenvalue weighted by Crippen LogP contribution is 2.34. The van der Waals surface area contributed by atoms with E-state index in [9.17, 15) is 19.5 Å². The van der Waals surface area contributed by atoms with E-state index in [1.54, 1.807) is 30.4 Å². The molecule has 0 aromatic carbocycles. The molecule has 4 atom stereocenters. The summed E-state index contributed by atoms with van der Waals surface area (Å²) in [6.45, 7) is 0. The lowest BCUT2D eigenvalue weighted by Crippen LogP contribution is -2.52. The highest BCUT2D eigenvalue weighted by molar-refractivity contribution is 6.22. The van der Waals surface area contributed by atoms with E-state index < -0.39 is 0 Å². The summed E-state index contributed by atoms with van der Waals surface area (Å²) in [6, 6.07) is 0.0150. The van der Waals surface area contributed by atoms with Gasteiger partial charge in [-0.25, -0.2) is 0 Å². The first-order valence-corrected chi connectivity index (χ1v) is 10.7. The molecule has 6 heteroatoms. The number of ketones is 1. The lowest BCUT2D eigenvalue weighted by Gasteiger charge is -2.35. The maximum atomic E-state index is 12.6. The Morgan fingerprint density at radius 1 is 0.759 bits per heavy atom. The number of hydrogen-bond acceptors (Lipinski definition) is 4. The van der Waals surface area contributed by atoms with Gasteiger partial charge in [-0.3, -0.25) is 14.4 Å². The minimum Gasteiger partial charge on any atom is -0.511 e. The predicted molar refractivity (Wildman–Crippen MR) is 109 cm³/mol. The number of carbonyl (C=O) groups excluding carboxylic acids is 3. The number of hydrogen-bond donors (Lipinski definition) is 3. The summed E-state index contributed by atoms with van der Waals surface area (Å²) in [7, 11) is 0. The van der Waals surface area contributed by atoms with Crippen LogP contribution < -0.4 is 10.6 Å². The molecule has 6 nitrogen and oxygen atoms in total. The monoisotopic (exact) mass is 396 g/mol. The molecule has 3 fully saturated rings. The standard InChI is InChI=1S/C23H28N2O4/c26-20-14-8-4-6-12-18(14)24-22(28)16(20)10-2-1-3-11-17-21(27)15-9-5-7-13-19(15)25-23(17)29/h1-3,10-11,14-15,18-19,26H,4-9,12-13H2,(H,24,28)(H,25,29). The Morgan fingerprint density at radius 3 is 2.14 bits per heavy atom. The van der Waals surface area contributed by atoms with Crippen molar-refractivity contribution < 1.29 is 19.5 Å². The lowest BCUT2D eigenvalue weighted by atomic mass is 9.77. The van der Waals surface area contributed by atoms with Crippen molar-refractivity contribution >= 4 is 17.6 Å². The third-order valence-electron chi connectivity index (χ3n) is 6.63. The summed E-state index contributed by atoms with van der Waals surface area (Å²) in [5.41, 5.74) is 0.488. The fourth-order valence-electron chi connectivity index (χ4n) is 5.05. The van der Waals surface area contributed by atoms with Crippen molar-refractivity contribution in [2.75, 3.05) is 0 Å². The van der Waals surface area contributed by atoms with E-state index in [4.69, 9.17) is 0 Å². The van der Waals surface area contributed by atoms with Crippen molar-refractivity contribution in [2.45, 2.75) is 63.5 Å². The summed E-state index contributed by atoms with van der Waals surface area (Å²) in [4.78, 5) is 37.1. The molecule has 2 aliphatic carbocycles. The Kier molecular flexibility index (Phi) is 5.69. The quantitative estimate of drug-likeness (QED) is 0.388. The third kappa shape index (κ3) is 3.93. The molecule has 29 heavy (non-hydrogen) atoms. The molecule has 2 amide bonds. The zero-order valence-corrected chi connectivity index (χ0v) is 16.5. The fourth-order valence-corrected chi connectivity index (χ4v) is 5.05. The topological polar surface area (TPSA) is 95.5 Å². The van der Waals surface area contributed by atoms with Crippen molar-refractivity contribution in [2.24, 2.45) is 11.8 Å². The van der Waals surface area contributed by atoms with Gasteiger partial charge in [0.2, 0.25) is 0 Å². The van der Waals surface area contributed by atoms with Gasteiger partial charge >= 0.3 is 0 Å². The molecule has 4 rings (SSSR count). The zero-order valence-electron chi connectivity index (χ0n) is 16.5. The molecule has 4 aliphatic rings. The highest BCUT2D eigenvalue weighted by atomic mass is 16.3. The highest BCUT2D eigenvalue weighted by Gasteiger charge is 2.40. The van der Waals surface area contributed by atoms with Crippen LogP contribution in [-0.2, 0) is 14.4 Å². The minimum atomic E-state index is -0.304. The Balaban J connectivity index is 1.44. The van der Waals surface area contributed by atoms with Crippen LogP contribution in [0, 0.1) is 11.8 Å². The summed E-state index contributed by atoms with van der Waals surface area (Å²) in [5, 5.41) is 16.5. The minimum absolute atomic E-state index is 0.000747. The number of rotatable bonds is 3. The van der Waals surface area contributed by atoms with Crippen LogP contribution >= 0.6 is 0 Å². The van der Waals surface area contributed by atoms with Crippen LogP contribution in [-0.4, -0.2) is 34.8 Å².